The number of unbranched alkanes of at least 4 members (excludes halogenated alkanes) is 13. The Balaban J connectivity index is 3.59. The van der Waals surface area contributed by atoms with Gasteiger partial charge in [-0.05, 0) is 17.8 Å². The summed E-state index contributed by atoms with van der Waals surface area (Å²) in [7, 11) is 0. The minimum atomic E-state index is 1.00. The van der Waals surface area contributed by atoms with Crippen LogP contribution in [0.15, 0.2) is 0 Å². The summed E-state index contributed by atoms with van der Waals surface area (Å²) in [5.74, 6) is 3.03. The van der Waals surface area contributed by atoms with Crippen LogP contribution in [0.3, 0.4) is 0 Å². The molecule has 32 heavy (non-hydrogen) atoms. The summed E-state index contributed by atoms with van der Waals surface area (Å²) in [5, 5.41) is 0. The van der Waals surface area contributed by atoms with Crippen LogP contribution in [0.2, 0.25) is 0 Å². The lowest BCUT2D eigenvalue weighted by molar-refractivity contribution is 0.263. The molecule has 194 valence electrons. The highest BCUT2D eigenvalue weighted by Gasteiger charge is 2.17. The average Bonchev–Trinajstić information content (AvgIpc) is 2.80. The minimum absolute atomic E-state index is 1.00. The zero-order valence-electron chi connectivity index (χ0n) is 23.7. The molecule has 0 aliphatic heterocycles. The summed E-state index contributed by atoms with van der Waals surface area (Å²) in [6.45, 7) is 11.9. The molecule has 0 rings (SSSR count). The lowest BCUT2D eigenvalue weighted by Gasteiger charge is -2.25. The second-order valence-corrected chi connectivity index (χ2v) is 11.1. The van der Waals surface area contributed by atoms with Crippen molar-refractivity contribution >= 4 is 0 Å². The first kappa shape index (κ1) is 32.0. The predicted octanol–water partition coefficient (Wildman–Crippen LogP) is 12.3. The van der Waals surface area contributed by atoms with Crippen molar-refractivity contribution in [3.05, 3.63) is 0 Å². The molecule has 0 saturated heterocycles. The van der Waals surface area contributed by atoms with Crippen LogP contribution in [0, 0.1) is 17.8 Å². The molecule has 0 aliphatic rings. The molecule has 0 aromatic rings. The van der Waals surface area contributed by atoms with Crippen LogP contribution in [0.4, 0.5) is 0 Å². The highest BCUT2D eigenvalue weighted by molar-refractivity contribution is 4.69. The Labute approximate surface area is 206 Å². The molecule has 3 atom stereocenters. The van der Waals surface area contributed by atoms with E-state index in [0.717, 1.165) is 17.8 Å². The van der Waals surface area contributed by atoms with Gasteiger partial charge in [-0.15, -0.1) is 0 Å². The fraction of sp³-hybridized carbons (Fsp3) is 1.00. The lowest BCUT2D eigenvalue weighted by atomic mass is 9.81. The van der Waals surface area contributed by atoms with Crippen molar-refractivity contribution in [2.75, 3.05) is 0 Å². The van der Waals surface area contributed by atoms with E-state index in [1.807, 2.05) is 0 Å². The van der Waals surface area contributed by atoms with Gasteiger partial charge in [0.2, 0.25) is 0 Å². The summed E-state index contributed by atoms with van der Waals surface area (Å²) in [4.78, 5) is 0. The maximum atomic E-state index is 2.43. The third-order valence-electron chi connectivity index (χ3n) is 8.24. The van der Waals surface area contributed by atoms with Gasteiger partial charge in [-0.25, -0.2) is 0 Å². The standard InChI is InChI=1S/C32H66/c1-6-11-21-26-30(25-8-3)27-23-19-17-15-13-14-16-18-20-24-29-32(10-5)31(9-4)28-22-12-7-2/h30-32H,6-29H2,1-5H3. The van der Waals surface area contributed by atoms with Crippen molar-refractivity contribution in [2.45, 2.75) is 189 Å². The summed E-state index contributed by atoms with van der Waals surface area (Å²) in [6.07, 6.45) is 35.1. The van der Waals surface area contributed by atoms with Gasteiger partial charge in [0.25, 0.3) is 0 Å². The maximum Gasteiger partial charge on any atom is -0.0389 e. The molecule has 0 amide bonds. The molecular weight excluding hydrogens is 384 g/mol. The van der Waals surface area contributed by atoms with Gasteiger partial charge < -0.3 is 0 Å². The molecule has 0 fully saturated rings. The molecule has 0 spiro atoms. The SMILES string of the molecule is CCCCCC(CCC)CCCCCCCCCCCCC(CC)C(CC)CCCCC. The quantitative estimate of drug-likeness (QED) is 0.115. The Hall–Kier alpha value is 0. The first-order valence-electron chi connectivity index (χ1n) is 15.7. The molecule has 0 radical (unpaired) electrons. The first-order valence-corrected chi connectivity index (χ1v) is 15.7. The van der Waals surface area contributed by atoms with Crippen molar-refractivity contribution in [1.29, 1.82) is 0 Å². The summed E-state index contributed by atoms with van der Waals surface area (Å²) in [5.41, 5.74) is 0. The number of rotatable bonds is 26. The average molecular weight is 451 g/mol. The van der Waals surface area contributed by atoms with E-state index in [1.54, 1.807) is 0 Å². The van der Waals surface area contributed by atoms with E-state index >= 15 is 0 Å². The first-order chi connectivity index (χ1) is 15.7. The van der Waals surface area contributed by atoms with E-state index < -0.39 is 0 Å². The van der Waals surface area contributed by atoms with E-state index in [9.17, 15) is 0 Å². The van der Waals surface area contributed by atoms with E-state index in [-0.39, 0.29) is 0 Å². The second-order valence-electron chi connectivity index (χ2n) is 11.1. The lowest BCUT2D eigenvalue weighted by Crippen LogP contribution is -2.13. The normalized spacial score (nSPS) is 14.5. The molecule has 0 heterocycles. The molecule has 0 aromatic carbocycles. The molecule has 0 saturated carbocycles. The Morgan fingerprint density at radius 2 is 0.656 bits per heavy atom. The Morgan fingerprint density at radius 1 is 0.312 bits per heavy atom. The van der Waals surface area contributed by atoms with Gasteiger partial charge in [-0.2, -0.15) is 0 Å². The third kappa shape index (κ3) is 19.5. The van der Waals surface area contributed by atoms with Crippen molar-refractivity contribution in [3.8, 4) is 0 Å². The molecule has 0 bridgehead atoms. The van der Waals surface area contributed by atoms with E-state index in [0.29, 0.717) is 0 Å². The Bertz CT molecular complexity index is 333. The fourth-order valence-corrected chi connectivity index (χ4v) is 5.98. The zero-order valence-corrected chi connectivity index (χ0v) is 23.7. The van der Waals surface area contributed by atoms with Crippen molar-refractivity contribution in [2.24, 2.45) is 17.8 Å². The van der Waals surface area contributed by atoms with Crippen LogP contribution in [-0.2, 0) is 0 Å². The largest absolute Gasteiger partial charge is 0.0654 e. The van der Waals surface area contributed by atoms with E-state index in [4.69, 9.17) is 0 Å². The van der Waals surface area contributed by atoms with Crippen molar-refractivity contribution in [1.82, 2.24) is 0 Å². The van der Waals surface area contributed by atoms with Gasteiger partial charge in [0, 0.05) is 0 Å². The van der Waals surface area contributed by atoms with Crippen molar-refractivity contribution in [3.63, 3.8) is 0 Å². The van der Waals surface area contributed by atoms with Crippen LogP contribution in [0.25, 0.3) is 0 Å². The summed E-state index contributed by atoms with van der Waals surface area (Å²) >= 11 is 0. The third-order valence-corrected chi connectivity index (χ3v) is 8.24. The molecule has 0 aliphatic carbocycles. The highest BCUT2D eigenvalue weighted by atomic mass is 14.2. The van der Waals surface area contributed by atoms with Crippen LogP contribution in [0.1, 0.15) is 189 Å². The van der Waals surface area contributed by atoms with E-state index in [1.165, 1.54) is 154 Å². The summed E-state index contributed by atoms with van der Waals surface area (Å²) in [6, 6.07) is 0. The monoisotopic (exact) mass is 451 g/mol. The van der Waals surface area contributed by atoms with Gasteiger partial charge in [0.05, 0.1) is 0 Å². The van der Waals surface area contributed by atoms with E-state index in [2.05, 4.69) is 34.6 Å². The van der Waals surface area contributed by atoms with Gasteiger partial charge >= 0.3 is 0 Å². The van der Waals surface area contributed by atoms with Gasteiger partial charge in [0.1, 0.15) is 0 Å². The van der Waals surface area contributed by atoms with Crippen molar-refractivity contribution < 1.29 is 0 Å². The molecule has 0 heteroatoms. The molecule has 0 aromatic heterocycles. The molecule has 0 N–H and O–H groups in total. The zero-order chi connectivity index (χ0) is 23.7. The highest BCUT2D eigenvalue weighted by Crippen LogP contribution is 2.30. The molecular formula is C32H66. The van der Waals surface area contributed by atoms with Gasteiger partial charge in [-0.3, -0.25) is 0 Å². The van der Waals surface area contributed by atoms with Gasteiger partial charge in [-0.1, -0.05) is 189 Å². The topological polar surface area (TPSA) is 0 Å². The predicted molar refractivity (Wildman–Crippen MR) is 150 cm³/mol. The van der Waals surface area contributed by atoms with Crippen LogP contribution in [0.5, 0.6) is 0 Å². The maximum absolute atomic E-state index is 2.43. The second kappa shape index (κ2) is 25.6. The minimum Gasteiger partial charge on any atom is -0.0654 e. The Morgan fingerprint density at radius 3 is 1.03 bits per heavy atom. The smallest absolute Gasteiger partial charge is 0.0389 e. The molecule has 0 nitrogen and oxygen atoms in total. The Kier molecular flexibility index (Phi) is 25.6. The number of hydrogen-bond acceptors (Lipinski definition) is 0. The van der Waals surface area contributed by atoms with Crippen LogP contribution in [-0.4, -0.2) is 0 Å². The summed E-state index contributed by atoms with van der Waals surface area (Å²) < 4.78 is 0. The number of hydrogen-bond donors (Lipinski definition) is 0. The van der Waals surface area contributed by atoms with Crippen LogP contribution < -0.4 is 0 Å². The fourth-order valence-electron chi connectivity index (χ4n) is 5.98. The van der Waals surface area contributed by atoms with Crippen LogP contribution >= 0.6 is 0 Å². The van der Waals surface area contributed by atoms with Gasteiger partial charge in [0.15, 0.2) is 0 Å². The molecule has 3 unspecified atom stereocenters.